The Morgan fingerprint density at radius 2 is 1.71 bits per heavy atom. The lowest BCUT2D eigenvalue weighted by molar-refractivity contribution is -0.128. The molecule has 1 aliphatic rings. The van der Waals surface area contributed by atoms with Crippen LogP contribution in [0, 0.1) is 25.8 Å². The molecule has 1 fully saturated rings. The van der Waals surface area contributed by atoms with E-state index in [4.69, 9.17) is 14.0 Å². The van der Waals surface area contributed by atoms with Crippen LogP contribution in [0.25, 0.3) is 11.2 Å². The number of aromatic nitrogens is 5. The van der Waals surface area contributed by atoms with Crippen LogP contribution in [0.15, 0.2) is 59.4 Å². The highest BCUT2D eigenvalue weighted by Gasteiger charge is 2.44. The van der Waals surface area contributed by atoms with E-state index in [0.29, 0.717) is 22.9 Å². The summed E-state index contributed by atoms with van der Waals surface area (Å²) in [5.41, 5.74) is 1.84. The number of aliphatic hydroxyl groups is 3. The summed E-state index contributed by atoms with van der Waals surface area (Å²) in [6, 6.07) is 10.4. The number of fused-ring (bicyclic) bond motifs is 1. The molecule has 58 heavy (non-hydrogen) atoms. The summed E-state index contributed by atoms with van der Waals surface area (Å²) in [5.74, 6) is -2.50. The van der Waals surface area contributed by atoms with Crippen molar-refractivity contribution >= 4 is 46.3 Å². The first-order valence-corrected chi connectivity index (χ1v) is 18.2. The van der Waals surface area contributed by atoms with Crippen molar-refractivity contribution in [3.05, 3.63) is 89.1 Å². The van der Waals surface area contributed by atoms with Gasteiger partial charge in [-0.05, 0) is 57.0 Å². The molecule has 4 heterocycles. The Labute approximate surface area is 330 Å². The van der Waals surface area contributed by atoms with E-state index in [1.807, 2.05) is 0 Å². The number of halogens is 1. The maximum absolute atomic E-state index is 14.6. The molecule has 0 aliphatic carbocycles. The van der Waals surface area contributed by atoms with E-state index < -0.39 is 78.9 Å². The standard InChI is InChI=1S/C38H42FN9O10/c1-17(2)27(36(55)41-19(4)33(52)44-31-28-32(46-38(39)45-31)48(16-40-28)37-30(51)29(50)26(14-49)57-37)43-34(53)21-9-8-10-22(13-21)42-35(54)23-11-6-7-12-25(23)56-15-24-18(3)47-58-20(24)5/h6-13,16-17,19,26-27,29-30,37,49-51H,14-15H2,1-5H3,(H,41,55)(H,42,54)(H,43,53)(H,44,45,46,52)/t19-,26+,27-,29+,30-,37+/m0/s1. The van der Waals surface area contributed by atoms with Crippen molar-refractivity contribution in [3.8, 4) is 5.75 Å². The molecular formula is C38H42FN9O10. The van der Waals surface area contributed by atoms with Gasteiger partial charge in [0.05, 0.1) is 29.8 Å². The van der Waals surface area contributed by atoms with Crippen molar-refractivity contribution in [2.75, 3.05) is 17.2 Å². The zero-order valence-corrected chi connectivity index (χ0v) is 32.0. The van der Waals surface area contributed by atoms with Crippen LogP contribution in [0.5, 0.6) is 5.75 Å². The number of nitrogens with one attached hydrogen (secondary N) is 4. The lowest BCUT2D eigenvalue weighted by atomic mass is 10.0. The third-order valence-corrected chi connectivity index (χ3v) is 9.48. The van der Waals surface area contributed by atoms with Gasteiger partial charge in [-0.15, -0.1) is 0 Å². The highest BCUT2D eigenvalue weighted by molar-refractivity contribution is 6.07. The molecule has 0 spiro atoms. The number of nitrogens with zero attached hydrogens (tertiary/aromatic N) is 5. The van der Waals surface area contributed by atoms with Crippen LogP contribution >= 0.6 is 0 Å². The van der Waals surface area contributed by atoms with Gasteiger partial charge in [0, 0.05) is 11.3 Å². The van der Waals surface area contributed by atoms with E-state index in [9.17, 15) is 38.9 Å². The van der Waals surface area contributed by atoms with Gasteiger partial charge in [0.1, 0.15) is 48.5 Å². The van der Waals surface area contributed by atoms with Crippen LogP contribution in [0.1, 0.15) is 64.7 Å². The molecule has 7 N–H and O–H groups in total. The van der Waals surface area contributed by atoms with Gasteiger partial charge in [0.15, 0.2) is 23.2 Å². The predicted octanol–water partition coefficient (Wildman–Crippen LogP) is 1.91. The number of benzene rings is 2. The molecule has 2 aromatic carbocycles. The quantitative estimate of drug-likeness (QED) is 0.0792. The third-order valence-electron chi connectivity index (χ3n) is 9.48. The molecule has 0 unspecified atom stereocenters. The van der Waals surface area contributed by atoms with E-state index >= 15 is 0 Å². The molecular weight excluding hydrogens is 761 g/mol. The first-order valence-electron chi connectivity index (χ1n) is 18.2. The summed E-state index contributed by atoms with van der Waals surface area (Å²) in [6.45, 7) is 7.86. The number of aliphatic hydroxyl groups excluding tert-OH is 3. The predicted molar refractivity (Wildman–Crippen MR) is 202 cm³/mol. The lowest BCUT2D eigenvalue weighted by Crippen LogP contribution is -2.53. The highest BCUT2D eigenvalue weighted by Crippen LogP contribution is 2.32. The van der Waals surface area contributed by atoms with E-state index in [2.05, 4.69) is 41.4 Å². The molecule has 3 aromatic heterocycles. The van der Waals surface area contributed by atoms with Crippen molar-refractivity contribution in [3.63, 3.8) is 0 Å². The molecule has 306 valence electrons. The van der Waals surface area contributed by atoms with Gasteiger partial charge in [-0.1, -0.05) is 37.2 Å². The molecule has 0 radical (unpaired) electrons. The minimum absolute atomic E-state index is 0.0948. The summed E-state index contributed by atoms with van der Waals surface area (Å²) in [5, 5.41) is 44.4. The van der Waals surface area contributed by atoms with Gasteiger partial charge < -0.3 is 50.6 Å². The van der Waals surface area contributed by atoms with Crippen LogP contribution in [0.4, 0.5) is 15.9 Å². The second-order valence-electron chi connectivity index (χ2n) is 13.9. The molecule has 6 rings (SSSR count). The molecule has 0 bridgehead atoms. The summed E-state index contributed by atoms with van der Waals surface area (Å²) in [7, 11) is 0. The fraction of sp³-hybridized carbons (Fsp3) is 0.368. The maximum atomic E-state index is 14.6. The summed E-state index contributed by atoms with van der Waals surface area (Å²) in [6.07, 6.45) is -5.49. The van der Waals surface area contributed by atoms with E-state index in [1.165, 1.54) is 19.1 Å². The Bertz CT molecular complexity index is 2310. The number of hydrogen-bond donors (Lipinski definition) is 7. The van der Waals surface area contributed by atoms with Crippen LogP contribution in [-0.2, 0) is 20.9 Å². The Balaban J connectivity index is 1.08. The SMILES string of the molecule is Cc1noc(C)c1COc1ccccc1C(=O)Nc1cccc(C(=O)N[C@H](C(=O)N[C@@H](C)C(=O)Nc2nc(F)nc3c2ncn3[C@@H]2O[C@H](CO)[C@@H](O)[C@@H]2O)C(C)C)c1. The number of carbonyl (C=O) groups is 4. The molecule has 19 nitrogen and oxygen atoms in total. The average molecular weight is 804 g/mol. The number of carbonyl (C=O) groups excluding carboxylic acids is 4. The summed E-state index contributed by atoms with van der Waals surface area (Å²) < 4.78 is 32.4. The molecule has 0 saturated carbocycles. The van der Waals surface area contributed by atoms with Crippen molar-refractivity contribution in [2.24, 2.45) is 5.92 Å². The fourth-order valence-corrected chi connectivity index (χ4v) is 6.20. The Morgan fingerprint density at radius 1 is 0.948 bits per heavy atom. The van der Waals surface area contributed by atoms with Gasteiger partial charge in [-0.3, -0.25) is 23.7 Å². The normalized spacial score (nSPS) is 18.8. The second-order valence-corrected chi connectivity index (χ2v) is 13.9. The van der Waals surface area contributed by atoms with Gasteiger partial charge in [0.2, 0.25) is 11.8 Å². The van der Waals surface area contributed by atoms with Gasteiger partial charge >= 0.3 is 6.08 Å². The molecule has 1 aliphatic heterocycles. The maximum Gasteiger partial charge on any atom is 0.312 e. The first kappa shape index (κ1) is 41.3. The number of ether oxygens (including phenoxy) is 2. The minimum atomic E-state index is -1.51. The van der Waals surface area contributed by atoms with E-state index in [1.54, 1.807) is 64.1 Å². The molecule has 5 aromatic rings. The molecule has 4 amide bonds. The number of anilines is 2. The zero-order valence-electron chi connectivity index (χ0n) is 32.0. The number of para-hydroxylation sites is 1. The first-order chi connectivity index (χ1) is 27.7. The van der Waals surface area contributed by atoms with E-state index in [0.717, 1.165) is 16.5 Å². The van der Waals surface area contributed by atoms with Crippen LogP contribution in [0.3, 0.4) is 0 Å². The van der Waals surface area contributed by atoms with Gasteiger partial charge in [0.25, 0.3) is 11.8 Å². The van der Waals surface area contributed by atoms with Gasteiger partial charge in [-0.2, -0.15) is 14.4 Å². The number of hydrogen-bond acceptors (Lipinski definition) is 14. The van der Waals surface area contributed by atoms with Crippen LogP contribution < -0.4 is 26.0 Å². The van der Waals surface area contributed by atoms with Crippen LogP contribution in [-0.4, -0.2) is 101 Å². The average Bonchev–Trinajstić information content (AvgIpc) is 3.85. The number of rotatable bonds is 14. The molecule has 1 saturated heterocycles. The monoisotopic (exact) mass is 803 g/mol. The Kier molecular flexibility index (Phi) is 12.4. The number of amides is 4. The van der Waals surface area contributed by atoms with Crippen LogP contribution in [0.2, 0.25) is 0 Å². The summed E-state index contributed by atoms with van der Waals surface area (Å²) in [4.78, 5) is 64.9. The van der Waals surface area contributed by atoms with E-state index in [-0.39, 0.29) is 34.7 Å². The molecule has 6 atom stereocenters. The second kappa shape index (κ2) is 17.4. The van der Waals surface area contributed by atoms with Crippen molar-refractivity contribution in [2.45, 2.75) is 77.8 Å². The Morgan fingerprint density at radius 3 is 2.40 bits per heavy atom. The number of imidazole rings is 1. The highest BCUT2D eigenvalue weighted by atomic mass is 19.1. The third kappa shape index (κ3) is 8.79. The van der Waals surface area contributed by atoms with Crippen molar-refractivity contribution in [1.82, 2.24) is 35.3 Å². The summed E-state index contributed by atoms with van der Waals surface area (Å²) >= 11 is 0. The topological polar surface area (TPSA) is 265 Å². The lowest BCUT2D eigenvalue weighted by Gasteiger charge is -2.24. The zero-order chi connectivity index (χ0) is 41.8. The van der Waals surface area contributed by atoms with Crippen molar-refractivity contribution in [1.29, 1.82) is 0 Å². The smallest absolute Gasteiger partial charge is 0.312 e. The Hall–Kier alpha value is -6.35. The van der Waals surface area contributed by atoms with Crippen molar-refractivity contribution < 1.29 is 52.9 Å². The van der Waals surface area contributed by atoms with Gasteiger partial charge in [-0.25, -0.2) is 4.98 Å². The molecule has 20 heteroatoms. The largest absolute Gasteiger partial charge is 0.488 e. The minimum Gasteiger partial charge on any atom is -0.488 e. The number of aryl methyl sites for hydroxylation is 2. The fourth-order valence-electron chi connectivity index (χ4n) is 6.20.